The minimum absolute atomic E-state index is 0.0215. The van der Waals surface area contributed by atoms with Crippen molar-refractivity contribution in [2.75, 3.05) is 17.2 Å². The number of para-hydroxylation sites is 1. The molecule has 0 atom stereocenters. The predicted octanol–water partition coefficient (Wildman–Crippen LogP) is 4.15. The molecule has 2 aromatic carbocycles. The molecule has 2 rings (SSSR count). The Labute approximate surface area is 128 Å². The van der Waals surface area contributed by atoms with Gasteiger partial charge in [-0.1, -0.05) is 29.8 Å². The third-order valence-electron chi connectivity index (χ3n) is 3.12. The second kappa shape index (κ2) is 6.59. The van der Waals surface area contributed by atoms with E-state index in [1.54, 1.807) is 6.07 Å². The van der Waals surface area contributed by atoms with Gasteiger partial charge < -0.3 is 10.6 Å². The van der Waals surface area contributed by atoms with Crippen LogP contribution in [-0.4, -0.2) is 12.5 Å². The van der Waals surface area contributed by atoms with E-state index in [9.17, 15) is 9.18 Å². The molecule has 0 saturated carbocycles. The summed E-state index contributed by atoms with van der Waals surface area (Å²) in [7, 11) is 0. The van der Waals surface area contributed by atoms with E-state index in [2.05, 4.69) is 10.6 Å². The number of anilines is 2. The monoisotopic (exact) mass is 306 g/mol. The van der Waals surface area contributed by atoms with Crippen molar-refractivity contribution in [2.45, 2.75) is 13.8 Å². The third-order valence-corrected chi connectivity index (χ3v) is 3.35. The largest absolute Gasteiger partial charge is 0.374 e. The summed E-state index contributed by atoms with van der Waals surface area (Å²) in [6, 6.07) is 10.1. The van der Waals surface area contributed by atoms with Crippen LogP contribution in [0.5, 0.6) is 0 Å². The Morgan fingerprint density at radius 2 is 1.86 bits per heavy atom. The Hall–Kier alpha value is -2.07. The molecule has 0 spiro atoms. The number of carbonyl (C=O) groups is 1. The van der Waals surface area contributed by atoms with Gasteiger partial charge >= 0.3 is 0 Å². The molecule has 2 N–H and O–H groups in total. The van der Waals surface area contributed by atoms with Crippen molar-refractivity contribution in [1.82, 2.24) is 0 Å². The van der Waals surface area contributed by atoms with Crippen molar-refractivity contribution in [2.24, 2.45) is 0 Å². The fourth-order valence-electron chi connectivity index (χ4n) is 2.00. The maximum absolute atomic E-state index is 13.6. The number of nitrogens with one attached hydrogen (secondary N) is 2. The fourth-order valence-corrected chi connectivity index (χ4v) is 2.16. The van der Waals surface area contributed by atoms with E-state index in [1.165, 1.54) is 12.1 Å². The maximum Gasteiger partial charge on any atom is 0.243 e. The minimum atomic E-state index is -0.484. The van der Waals surface area contributed by atoms with Crippen LogP contribution in [0.3, 0.4) is 0 Å². The van der Waals surface area contributed by atoms with Gasteiger partial charge in [-0.05, 0) is 43.2 Å². The molecule has 0 aromatic heterocycles. The molecule has 2 aromatic rings. The van der Waals surface area contributed by atoms with Crippen molar-refractivity contribution < 1.29 is 9.18 Å². The van der Waals surface area contributed by atoms with Crippen LogP contribution in [0.2, 0.25) is 5.02 Å². The molecule has 3 nitrogen and oxygen atoms in total. The summed E-state index contributed by atoms with van der Waals surface area (Å²) in [5.74, 6) is -0.718. The summed E-state index contributed by atoms with van der Waals surface area (Å²) >= 11 is 5.67. The van der Waals surface area contributed by atoms with Crippen LogP contribution >= 0.6 is 11.6 Å². The lowest BCUT2D eigenvalue weighted by Crippen LogP contribution is -2.23. The first-order valence-electron chi connectivity index (χ1n) is 6.52. The number of benzene rings is 2. The number of rotatable bonds is 4. The lowest BCUT2D eigenvalue weighted by atomic mass is 10.1. The van der Waals surface area contributed by atoms with E-state index >= 15 is 0 Å². The van der Waals surface area contributed by atoms with Gasteiger partial charge in [0.2, 0.25) is 5.91 Å². The minimum Gasteiger partial charge on any atom is -0.374 e. The van der Waals surface area contributed by atoms with Crippen LogP contribution in [0.1, 0.15) is 11.1 Å². The van der Waals surface area contributed by atoms with Crippen molar-refractivity contribution in [3.05, 3.63) is 58.4 Å². The lowest BCUT2D eigenvalue weighted by Gasteiger charge is -2.12. The second-order valence-electron chi connectivity index (χ2n) is 4.79. The molecule has 0 bridgehead atoms. The smallest absolute Gasteiger partial charge is 0.243 e. The van der Waals surface area contributed by atoms with Crippen LogP contribution in [0, 0.1) is 19.7 Å². The molecule has 110 valence electrons. The van der Waals surface area contributed by atoms with E-state index in [1.807, 2.05) is 32.0 Å². The van der Waals surface area contributed by atoms with Crippen LogP contribution < -0.4 is 10.6 Å². The van der Waals surface area contributed by atoms with E-state index in [0.717, 1.165) is 16.8 Å². The number of carbonyl (C=O) groups excluding carboxylic acids is 1. The standard InChI is InChI=1S/C16H16ClFN2O/c1-10-4-3-5-11(2)16(10)20-15(21)9-19-14-7-6-12(17)8-13(14)18/h3-8,19H,9H2,1-2H3,(H,20,21). The van der Waals surface area contributed by atoms with Gasteiger partial charge in [0, 0.05) is 10.7 Å². The van der Waals surface area contributed by atoms with Crippen LogP contribution in [0.25, 0.3) is 0 Å². The van der Waals surface area contributed by atoms with E-state index < -0.39 is 5.82 Å². The highest BCUT2D eigenvalue weighted by molar-refractivity contribution is 6.30. The molecule has 1 amide bonds. The number of halogens is 2. The SMILES string of the molecule is Cc1cccc(C)c1NC(=O)CNc1ccc(Cl)cc1F. The van der Waals surface area contributed by atoms with Crippen LogP contribution in [-0.2, 0) is 4.79 Å². The molecular weight excluding hydrogens is 291 g/mol. The number of hydrogen-bond acceptors (Lipinski definition) is 2. The van der Waals surface area contributed by atoms with Gasteiger partial charge in [-0.3, -0.25) is 4.79 Å². The Morgan fingerprint density at radius 3 is 2.48 bits per heavy atom. The zero-order valence-electron chi connectivity index (χ0n) is 11.8. The molecule has 0 saturated heterocycles. The van der Waals surface area contributed by atoms with Crippen molar-refractivity contribution >= 4 is 28.9 Å². The van der Waals surface area contributed by atoms with Gasteiger partial charge in [0.15, 0.2) is 0 Å². The van der Waals surface area contributed by atoms with Gasteiger partial charge in [0.05, 0.1) is 12.2 Å². The molecule has 21 heavy (non-hydrogen) atoms. The quantitative estimate of drug-likeness (QED) is 0.891. The highest BCUT2D eigenvalue weighted by Crippen LogP contribution is 2.20. The highest BCUT2D eigenvalue weighted by Gasteiger charge is 2.08. The summed E-state index contributed by atoms with van der Waals surface area (Å²) in [6.45, 7) is 3.83. The van der Waals surface area contributed by atoms with Crippen molar-refractivity contribution in [3.8, 4) is 0 Å². The number of hydrogen-bond donors (Lipinski definition) is 2. The normalized spacial score (nSPS) is 10.3. The number of aryl methyl sites for hydroxylation is 2. The van der Waals surface area contributed by atoms with E-state index in [-0.39, 0.29) is 18.1 Å². The average Bonchev–Trinajstić information content (AvgIpc) is 2.42. The lowest BCUT2D eigenvalue weighted by molar-refractivity contribution is -0.114. The molecule has 0 aliphatic rings. The fraction of sp³-hybridized carbons (Fsp3) is 0.188. The van der Waals surface area contributed by atoms with Crippen LogP contribution in [0.15, 0.2) is 36.4 Å². The second-order valence-corrected chi connectivity index (χ2v) is 5.23. The molecule has 0 unspecified atom stereocenters. The summed E-state index contributed by atoms with van der Waals surface area (Å²) in [6.07, 6.45) is 0. The van der Waals surface area contributed by atoms with Gasteiger partial charge in [-0.25, -0.2) is 4.39 Å². The molecule has 0 aliphatic heterocycles. The first kappa shape index (κ1) is 15.3. The zero-order chi connectivity index (χ0) is 15.4. The van der Waals surface area contributed by atoms with Crippen LogP contribution in [0.4, 0.5) is 15.8 Å². The first-order chi connectivity index (χ1) is 9.97. The van der Waals surface area contributed by atoms with Crippen molar-refractivity contribution in [3.63, 3.8) is 0 Å². The summed E-state index contributed by atoms with van der Waals surface area (Å²) in [4.78, 5) is 11.9. The predicted molar refractivity (Wildman–Crippen MR) is 84.4 cm³/mol. The molecule has 0 heterocycles. The average molecular weight is 307 g/mol. The third kappa shape index (κ3) is 3.95. The molecule has 0 fully saturated rings. The van der Waals surface area contributed by atoms with Gasteiger partial charge in [0.25, 0.3) is 0 Å². The van der Waals surface area contributed by atoms with Gasteiger partial charge in [-0.2, -0.15) is 0 Å². The molecule has 5 heteroatoms. The number of amides is 1. The summed E-state index contributed by atoms with van der Waals surface area (Å²) in [5, 5.41) is 5.90. The Balaban J connectivity index is 1.99. The highest BCUT2D eigenvalue weighted by atomic mass is 35.5. The van der Waals surface area contributed by atoms with E-state index in [4.69, 9.17) is 11.6 Å². The van der Waals surface area contributed by atoms with Gasteiger partial charge in [0.1, 0.15) is 5.82 Å². The van der Waals surface area contributed by atoms with Crippen molar-refractivity contribution in [1.29, 1.82) is 0 Å². The Kier molecular flexibility index (Phi) is 4.81. The van der Waals surface area contributed by atoms with E-state index in [0.29, 0.717) is 5.02 Å². The first-order valence-corrected chi connectivity index (χ1v) is 6.90. The Bertz CT molecular complexity index is 653. The Morgan fingerprint density at radius 1 is 1.19 bits per heavy atom. The van der Waals surface area contributed by atoms with Gasteiger partial charge in [-0.15, -0.1) is 0 Å². The topological polar surface area (TPSA) is 41.1 Å². The summed E-state index contributed by atoms with van der Waals surface area (Å²) < 4.78 is 13.6. The summed E-state index contributed by atoms with van der Waals surface area (Å²) in [5.41, 5.74) is 3.01. The molecule has 0 radical (unpaired) electrons. The molecule has 0 aliphatic carbocycles. The zero-order valence-corrected chi connectivity index (χ0v) is 12.6. The molecular formula is C16H16ClFN2O. The maximum atomic E-state index is 13.6.